The predicted molar refractivity (Wildman–Crippen MR) is 82.3 cm³/mol. The van der Waals surface area contributed by atoms with Gasteiger partial charge < -0.3 is 24.8 Å². The van der Waals surface area contributed by atoms with Crippen molar-refractivity contribution in [2.75, 3.05) is 32.4 Å². The summed E-state index contributed by atoms with van der Waals surface area (Å²) in [6.07, 6.45) is 1.36. The first-order valence-electron chi connectivity index (χ1n) is 7.66. The van der Waals surface area contributed by atoms with Crippen LogP contribution >= 0.6 is 0 Å². The number of rotatable bonds is 7. The fraction of sp³-hybridized carbons (Fsp3) is 0.500. The molecule has 0 bridgehead atoms. The highest BCUT2D eigenvalue weighted by Gasteiger charge is 2.47. The van der Waals surface area contributed by atoms with Crippen LogP contribution in [0.4, 0.5) is 5.69 Å². The number of carbonyl (C=O) groups is 2. The second-order valence-corrected chi connectivity index (χ2v) is 5.64. The summed E-state index contributed by atoms with van der Waals surface area (Å²) in [4.78, 5) is 24.1. The Morgan fingerprint density at radius 3 is 2.83 bits per heavy atom. The molecule has 7 nitrogen and oxygen atoms in total. The summed E-state index contributed by atoms with van der Waals surface area (Å²) in [5, 5.41) is 5.65. The van der Waals surface area contributed by atoms with Crippen LogP contribution in [0.15, 0.2) is 18.2 Å². The van der Waals surface area contributed by atoms with E-state index in [1.807, 2.05) is 0 Å². The quantitative estimate of drug-likeness (QED) is 0.736. The van der Waals surface area contributed by atoms with Gasteiger partial charge in [0, 0.05) is 32.0 Å². The fourth-order valence-electron chi connectivity index (χ4n) is 2.54. The molecule has 1 saturated carbocycles. The zero-order chi connectivity index (χ0) is 16.2. The molecule has 2 atom stereocenters. The first-order chi connectivity index (χ1) is 11.2. The van der Waals surface area contributed by atoms with Crippen molar-refractivity contribution in [2.24, 2.45) is 11.8 Å². The summed E-state index contributed by atoms with van der Waals surface area (Å²) in [7, 11) is 1.62. The highest BCUT2D eigenvalue weighted by Crippen LogP contribution is 2.40. The van der Waals surface area contributed by atoms with Crippen LogP contribution in [-0.2, 0) is 14.3 Å². The summed E-state index contributed by atoms with van der Waals surface area (Å²) in [6, 6.07) is 5.24. The van der Waals surface area contributed by atoms with Crippen LogP contribution in [-0.4, -0.2) is 38.9 Å². The number of fused-ring (bicyclic) bond motifs is 1. The van der Waals surface area contributed by atoms with Crippen LogP contribution in [0.25, 0.3) is 0 Å². The molecule has 2 N–H and O–H groups in total. The van der Waals surface area contributed by atoms with Crippen LogP contribution in [0, 0.1) is 11.8 Å². The topological polar surface area (TPSA) is 85.9 Å². The van der Waals surface area contributed by atoms with Gasteiger partial charge in [0.25, 0.3) is 0 Å². The lowest BCUT2D eigenvalue weighted by molar-refractivity contribution is -0.125. The van der Waals surface area contributed by atoms with Gasteiger partial charge in [0.15, 0.2) is 11.5 Å². The number of amides is 2. The Kier molecular flexibility index (Phi) is 4.66. The van der Waals surface area contributed by atoms with Gasteiger partial charge in [0.2, 0.25) is 18.6 Å². The first-order valence-corrected chi connectivity index (χ1v) is 7.66. The van der Waals surface area contributed by atoms with Crippen LogP contribution in [0.1, 0.15) is 12.8 Å². The third-order valence-electron chi connectivity index (χ3n) is 3.93. The van der Waals surface area contributed by atoms with Gasteiger partial charge in [0.05, 0.1) is 11.8 Å². The van der Waals surface area contributed by atoms with Crippen molar-refractivity contribution in [3.8, 4) is 11.5 Å². The van der Waals surface area contributed by atoms with E-state index in [0.717, 1.165) is 6.42 Å². The average molecular weight is 320 g/mol. The van der Waals surface area contributed by atoms with E-state index in [1.165, 1.54) is 0 Å². The van der Waals surface area contributed by atoms with Crippen molar-refractivity contribution in [1.82, 2.24) is 5.32 Å². The number of hydrogen-bond acceptors (Lipinski definition) is 5. The molecule has 23 heavy (non-hydrogen) atoms. The monoisotopic (exact) mass is 320 g/mol. The molecule has 2 amide bonds. The van der Waals surface area contributed by atoms with Gasteiger partial charge in [-0.2, -0.15) is 0 Å². The highest BCUT2D eigenvalue weighted by molar-refractivity contribution is 5.99. The van der Waals surface area contributed by atoms with Crippen LogP contribution < -0.4 is 20.1 Å². The van der Waals surface area contributed by atoms with Gasteiger partial charge in [-0.1, -0.05) is 0 Å². The average Bonchev–Trinajstić information content (AvgIpc) is 3.22. The summed E-state index contributed by atoms with van der Waals surface area (Å²) in [5.74, 6) is 0.594. The summed E-state index contributed by atoms with van der Waals surface area (Å²) < 4.78 is 15.4. The van der Waals surface area contributed by atoms with Crippen LogP contribution in [0.5, 0.6) is 11.5 Å². The Bertz CT molecular complexity index is 604. The SMILES string of the molecule is COCCCNC(=O)C1CC1C(=O)Nc1ccc2c(c1)OCO2. The van der Waals surface area contributed by atoms with E-state index in [4.69, 9.17) is 14.2 Å². The smallest absolute Gasteiger partial charge is 0.231 e. The number of nitrogens with one attached hydrogen (secondary N) is 2. The number of methoxy groups -OCH3 is 1. The Morgan fingerprint density at radius 1 is 1.22 bits per heavy atom. The number of ether oxygens (including phenoxy) is 3. The van der Waals surface area contributed by atoms with Crippen molar-refractivity contribution in [3.63, 3.8) is 0 Å². The molecule has 1 fully saturated rings. The molecule has 1 aromatic rings. The van der Waals surface area contributed by atoms with Crippen molar-refractivity contribution >= 4 is 17.5 Å². The number of anilines is 1. The molecule has 0 radical (unpaired) electrons. The van der Waals surface area contributed by atoms with E-state index in [9.17, 15) is 9.59 Å². The zero-order valence-electron chi connectivity index (χ0n) is 13.0. The molecule has 3 rings (SSSR count). The van der Waals surface area contributed by atoms with E-state index in [1.54, 1.807) is 25.3 Å². The van der Waals surface area contributed by atoms with Crippen molar-refractivity contribution in [1.29, 1.82) is 0 Å². The lowest BCUT2D eigenvalue weighted by atomic mass is 10.2. The minimum atomic E-state index is -0.261. The maximum atomic E-state index is 12.2. The van der Waals surface area contributed by atoms with Crippen molar-refractivity contribution in [3.05, 3.63) is 18.2 Å². The van der Waals surface area contributed by atoms with Gasteiger partial charge in [-0.25, -0.2) is 0 Å². The third-order valence-corrected chi connectivity index (χ3v) is 3.93. The molecular weight excluding hydrogens is 300 g/mol. The van der Waals surface area contributed by atoms with Gasteiger partial charge in [-0.05, 0) is 25.0 Å². The summed E-state index contributed by atoms with van der Waals surface area (Å²) in [5.41, 5.74) is 0.644. The van der Waals surface area contributed by atoms with E-state index >= 15 is 0 Å². The van der Waals surface area contributed by atoms with Gasteiger partial charge in [-0.15, -0.1) is 0 Å². The normalized spacial score (nSPS) is 20.9. The van der Waals surface area contributed by atoms with E-state index < -0.39 is 0 Å². The second kappa shape index (κ2) is 6.87. The van der Waals surface area contributed by atoms with Gasteiger partial charge >= 0.3 is 0 Å². The molecule has 2 unspecified atom stereocenters. The molecule has 1 aromatic carbocycles. The Balaban J connectivity index is 1.46. The third kappa shape index (κ3) is 3.73. The molecule has 7 heteroatoms. The van der Waals surface area contributed by atoms with Crippen LogP contribution in [0.2, 0.25) is 0 Å². The Morgan fingerprint density at radius 2 is 2.00 bits per heavy atom. The molecular formula is C16H20N2O5. The second-order valence-electron chi connectivity index (χ2n) is 5.64. The van der Waals surface area contributed by atoms with E-state index in [0.29, 0.717) is 36.8 Å². The molecule has 1 heterocycles. The fourth-order valence-corrected chi connectivity index (χ4v) is 2.54. The summed E-state index contributed by atoms with van der Waals surface area (Å²) in [6.45, 7) is 1.37. The number of hydrogen-bond donors (Lipinski definition) is 2. The molecule has 1 aliphatic heterocycles. The largest absolute Gasteiger partial charge is 0.454 e. The highest BCUT2D eigenvalue weighted by atomic mass is 16.7. The predicted octanol–water partition coefficient (Wildman–Crippen LogP) is 1.14. The molecule has 2 aliphatic rings. The maximum Gasteiger partial charge on any atom is 0.231 e. The van der Waals surface area contributed by atoms with Gasteiger partial charge in [0.1, 0.15) is 0 Å². The van der Waals surface area contributed by atoms with Crippen molar-refractivity contribution in [2.45, 2.75) is 12.8 Å². The van der Waals surface area contributed by atoms with Crippen molar-refractivity contribution < 1.29 is 23.8 Å². The Labute approximate surface area is 134 Å². The van der Waals surface area contributed by atoms with Gasteiger partial charge in [-0.3, -0.25) is 9.59 Å². The lowest BCUT2D eigenvalue weighted by Crippen LogP contribution is -2.28. The number of benzene rings is 1. The minimum absolute atomic E-state index is 0.0630. The standard InChI is InChI=1S/C16H20N2O5/c1-21-6-2-5-17-15(19)11-8-12(11)16(20)18-10-3-4-13-14(7-10)23-9-22-13/h3-4,7,11-12H,2,5-6,8-9H2,1H3,(H,17,19)(H,18,20). The number of carbonyl (C=O) groups excluding carboxylic acids is 2. The van der Waals surface area contributed by atoms with E-state index in [-0.39, 0.29) is 30.4 Å². The minimum Gasteiger partial charge on any atom is -0.454 e. The Hall–Kier alpha value is -2.28. The first kappa shape index (κ1) is 15.6. The molecule has 0 aromatic heterocycles. The molecule has 124 valence electrons. The lowest BCUT2D eigenvalue weighted by Gasteiger charge is -2.07. The van der Waals surface area contributed by atoms with E-state index in [2.05, 4.69) is 10.6 Å². The maximum absolute atomic E-state index is 12.2. The molecule has 1 aliphatic carbocycles. The zero-order valence-corrected chi connectivity index (χ0v) is 13.0. The van der Waals surface area contributed by atoms with Crippen LogP contribution in [0.3, 0.4) is 0 Å². The molecule has 0 saturated heterocycles. The summed E-state index contributed by atoms with van der Waals surface area (Å²) >= 11 is 0. The molecule has 0 spiro atoms.